The molecule has 1 unspecified atom stereocenters. The maximum absolute atomic E-state index is 12.6. The topological polar surface area (TPSA) is 32.3 Å². The smallest absolute Gasteiger partial charge is 0.180 e. The van der Waals surface area contributed by atoms with Crippen molar-refractivity contribution < 1.29 is 4.79 Å². The number of Topliss-reactive ketones (excluding diaryl/α,β-unsaturated/α-hetero) is 1. The number of nitrogens with one attached hydrogen (secondary N) is 1. The van der Waals surface area contributed by atoms with Gasteiger partial charge >= 0.3 is 0 Å². The van der Waals surface area contributed by atoms with Crippen molar-refractivity contribution in [1.82, 2.24) is 10.2 Å². The number of halogens is 1. The summed E-state index contributed by atoms with van der Waals surface area (Å²) in [5, 5.41) is 3.34. The summed E-state index contributed by atoms with van der Waals surface area (Å²) in [4.78, 5) is 14.9. The number of rotatable bonds is 1. The molecule has 1 aromatic rings. The van der Waals surface area contributed by atoms with E-state index < -0.39 is 0 Å². The van der Waals surface area contributed by atoms with Crippen LogP contribution in [0, 0.1) is 0 Å². The van der Waals surface area contributed by atoms with Crippen LogP contribution in [0.15, 0.2) is 22.7 Å². The highest BCUT2D eigenvalue weighted by Gasteiger charge is 2.32. The summed E-state index contributed by atoms with van der Waals surface area (Å²) in [5.41, 5.74) is 2.12. The molecule has 1 aliphatic heterocycles. The van der Waals surface area contributed by atoms with E-state index in [0.29, 0.717) is 5.78 Å². The second kappa shape index (κ2) is 5.11. The van der Waals surface area contributed by atoms with E-state index in [4.69, 9.17) is 0 Å². The highest BCUT2D eigenvalue weighted by atomic mass is 79.9. The van der Waals surface area contributed by atoms with Crippen LogP contribution in [0.3, 0.4) is 0 Å². The molecule has 1 heterocycles. The first-order valence-corrected chi connectivity index (χ1v) is 7.32. The summed E-state index contributed by atoms with van der Waals surface area (Å²) in [5.74, 6) is 0.305. The molecule has 0 bridgehead atoms. The zero-order valence-corrected chi connectivity index (χ0v) is 11.9. The zero-order valence-electron chi connectivity index (χ0n) is 10.3. The van der Waals surface area contributed by atoms with Gasteiger partial charge in [-0.2, -0.15) is 0 Å². The van der Waals surface area contributed by atoms with Crippen molar-refractivity contribution in [2.24, 2.45) is 0 Å². The molecule has 0 spiro atoms. The van der Waals surface area contributed by atoms with Crippen LogP contribution >= 0.6 is 15.9 Å². The molecule has 1 saturated heterocycles. The third-order valence-corrected chi connectivity index (χ3v) is 4.41. The van der Waals surface area contributed by atoms with Crippen molar-refractivity contribution in [1.29, 1.82) is 0 Å². The maximum atomic E-state index is 12.6. The number of carbonyl (C=O) groups is 1. The quantitative estimate of drug-likeness (QED) is 0.859. The fourth-order valence-electron chi connectivity index (χ4n) is 2.94. The van der Waals surface area contributed by atoms with Crippen LogP contribution in [0.5, 0.6) is 0 Å². The Morgan fingerprint density at radius 2 is 2.06 bits per heavy atom. The van der Waals surface area contributed by atoms with E-state index in [9.17, 15) is 4.79 Å². The van der Waals surface area contributed by atoms with E-state index in [-0.39, 0.29) is 6.04 Å². The Morgan fingerprint density at radius 3 is 2.83 bits per heavy atom. The fourth-order valence-corrected chi connectivity index (χ4v) is 3.30. The average Bonchev–Trinajstić information content (AvgIpc) is 2.41. The van der Waals surface area contributed by atoms with Gasteiger partial charge in [-0.25, -0.2) is 0 Å². The molecule has 1 aliphatic carbocycles. The molecule has 0 amide bonds. The van der Waals surface area contributed by atoms with Crippen molar-refractivity contribution in [3.8, 4) is 0 Å². The van der Waals surface area contributed by atoms with E-state index in [2.05, 4.69) is 32.2 Å². The largest absolute Gasteiger partial charge is 0.314 e. The van der Waals surface area contributed by atoms with Gasteiger partial charge in [0, 0.05) is 36.2 Å². The lowest BCUT2D eigenvalue weighted by atomic mass is 9.86. The van der Waals surface area contributed by atoms with Gasteiger partial charge in [-0.1, -0.05) is 22.0 Å². The van der Waals surface area contributed by atoms with Gasteiger partial charge < -0.3 is 5.32 Å². The first-order valence-electron chi connectivity index (χ1n) is 6.53. The zero-order chi connectivity index (χ0) is 12.5. The Morgan fingerprint density at radius 1 is 1.28 bits per heavy atom. The molecule has 4 heteroatoms. The van der Waals surface area contributed by atoms with Gasteiger partial charge in [0.25, 0.3) is 0 Å². The van der Waals surface area contributed by atoms with Gasteiger partial charge in [-0.15, -0.1) is 0 Å². The van der Waals surface area contributed by atoms with E-state index in [1.165, 1.54) is 5.56 Å². The molecule has 18 heavy (non-hydrogen) atoms. The summed E-state index contributed by atoms with van der Waals surface area (Å²) in [6.07, 6.45) is 1.98. The Kier molecular flexibility index (Phi) is 3.50. The number of aryl methyl sites for hydroxylation is 1. The third kappa shape index (κ3) is 2.25. The lowest BCUT2D eigenvalue weighted by molar-refractivity contribution is 0.0766. The maximum Gasteiger partial charge on any atom is 0.180 e. The molecule has 2 aliphatic rings. The van der Waals surface area contributed by atoms with E-state index in [0.717, 1.165) is 49.1 Å². The molecule has 0 saturated carbocycles. The van der Waals surface area contributed by atoms with Crippen LogP contribution in [0.25, 0.3) is 0 Å². The minimum Gasteiger partial charge on any atom is -0.314 e. The minimum absolute atomic E-state index is 0.0916. The van der Waals surface area contributed by atoms with Crippen molar-refractivity contribution in [2.75, 3.05) is 26.2 Å². The molecule has 0 aromatic heterocycles. The second-order valence-electron chi connectivity index (χ2n) is 5.01. The lowest BCUT2D eigenvalue weighted by Gasteiger charge is -2.36. The molecule has 3 rings (SSSR count). The molecule has 3 nitrogen and oxygen atoms in total. The number of hydrogen-bond acceptors (Lipinski definition) is 3. The number of benzene rings is 1. The Labute approximate surface area is 116 Å². The Balaban J connectivity index is 1.86. The van der Waals surface area contributed by atoms with Crippen molar-refractivity contribution in [3.05, 3.63) is 33.8 Å². The van der Waals surface area contributed by atoms with Crippen LogP contribution in [-0.4, -0.2) is 42.9 Å². The van der Waals surface area contributed by atoms with E-state index in [1.807, 2.05) is 12.1 Å². The van der Waals surface area contributed by atoms with Crippen molar-refractivity contribution >= 4 is 21.7 Å². The fraction of sp³-hybridized carbons (Fsp3) is 0.500. The first-order chi connectivity index (χ1) is 8.75. The molecule has 1 aromatic carbocycles. The standard InChI is InChI=1S/C14H17BrN2O/c15-11-3-1-10-2-4-13(14(18)12(10)9-11)17-7-5-16-6-8-17/h1,3,9,13,16H,2,4-8H2. The van der Waals surface area contributed by atoms with Gasteiger partial charge in [0.1, 0.15) is 0 Å². The summed E-state index contributed by atoms with van der Waals surface area (Å²) in [6, 6.07) is 6.17. The van der Waals surface area contributed by atoms with Gasteiger partial charge in [0.05, 0.1) is 6.04 Å². The third-order valence-electron chi connectivity index (χ3n) is 3.92. The normalized spacial score (nSPS) is 24.9. The van der Waals surface area contributed by atoms with E-state index in [1.54, 1.807) is 0 Å². The number of carbonyl (C=O) groups excluding carboxylic acids is 1. The molecular weight excluding hydrogens is 292 g/mol. The number of piperazine rings is 1. The number of nitrogens with zero attached hydrogens (tertiary/aromatic N) is 1. The predicted molar refractivity (Wildman–Crippen MR) is 75.0 cm³/mol. The van der Waals surface area contributed by atoms with Crippen LogP contribution in [0.4, 0.5) is 0 Å². The van der Waals surface area contributed by atoms with E-state index >= 15 is 0 Å². The first kappa shape index (κ1) is 12.3. The van der Waals surface area contributed by atoms with Gasteiger partial charge in [-0.05, 0) is 30.5 Å². The second-order valence-corrected chi connectivity index (χ2v) is 5.92. The highest BCUT2D eigenvalue weighted by molar-refractivity contribution is 9.10. The van der Waals surface area contributed by atoms with Crippen molar-refractivity contribution in [2.45, 2.75) is 18.9 Å². The molecule has 96 valence electrons. The molecular formula is C14H17BrN2O. The summed E-state index contributed by atoms with van der Waals surface area (Å²) in [6.45, 7) is 3.96. The monoisotopic (exact) mass is 308 g/mol. The summed E-state index contributed by atoms with van der Waals surface area (Å²) < 4.78 is 0.996. The van der Waals surface area contributed by atoms with Gasteiger partial charge in [-0.3, -0.25) is 9.69 Å². The summed E-state index contributed by atoms with van der Waals surface area (Å²) in [7, 11) is 0. The summed E-state index contributed by atoms with van der Waals surface area (Å²) >= 11 is 3.46. The van der Waals surface area contributed by atoms with Crippen LogP contribution in [0.2, 0.25) is 0 Å². The van der Waals surface area contributed by atoms with Crippen LogP contribution in [0.1, 0.15) is 22.3 Å². The highest BCUT2D eigenvalue weighted by Crippen LogP contribution is 2.27. The molecule has 0 radical (unpaired) electrons. The molecule has 1 N–H and O–H groups in total. The number of fused-ring (bicyclic) bond motifs is 1. The average molecular weight is 309 g/mol. The van der Waals surface area contributed by atoms with Crippen molar-refractivity contribution in [3.63, 3.8) is 0 Å². The van der Waals surface area contributed by atoms with Crippen LogP contribution in [-0.2, 0) is 6.42 Å². The van der Waals surface area contributed by atoms with Gasteiger partial charge in [0.2, 0.25) is 0 Å². The number of hydrogen-bond donors (Lipinski definition) is 1. The van der Waals surface area contributed by atoms with Crippen LogP contribution < -0.4 is 5.32 Å². The molecule has 1 fully saturated rings. The lowest BCUT2D eigenvalue weighted by Crippen LogP contribution is -2.52. The Hall–Kier alpha value is -0.710. The molecule has 1 atom stereocenters. The SMILES string of the molecule is O=C1c2cc(Br)ccc2CCC1N1CCNCC1. The minimum atomic E-state index is 0.0916. The Bertz CT molecular complexity index is 469. The van der Waals surface area contributed by atoms with Gasteiger partial charge in [0.15, 0.2) is 5.78 Å². The number of ketones is 1. The predicted octanol–water partition coefficient (Wildman–Crippen LogP) is 1.85.